The summed E-state index contributed by atoms with van der Waals surface area (Å²) in [7, 11) is 0. The quantitative estimate of drug-likeness (QED) is 0.851. The summed E-state index contributed by atoms with van der Waals surface area (Å²) in [6, 6.07) is 9.74. The van der Waals surface area contributed by atoms with Crippen LogP contribution in [-0.4, -0.2) is 22.7 Å². The Morgan fingerprint density at radius 2 is 2.10 bits per heavy atom. The molecular formula is C14H17N3O2S. The second-order valence-corrected chi connectivity index (χ2v) is 5.34. The zero-order chi connectivity index (χ0) is 14.2. The molecule has 1 heterocycles. The summed E-state index contributed by atoms with van der Waals surface area (Å²) >= 11 is 1.41. The molecule has 106 valence electrons. The van der Waals surface area contributed by atoms with Crippen LogP contribution in [0.5, 0.6) is 0 Å². The van der Waals surface area contributed by atoms with E-state index in [-0.39, 0.29) is 12.5 Å². The van der Waals surface area contributed by atoms with E-state index in [1.807, 2.05) is 30.3 Å². The lowest BCUT2D eigenvalue weighted by molar-refractivity contribution is -0.121. The Hall–Kier alpha value is -1.79. The molecule has 0 aliphatic heterocycles. The van der Waals surface area contributed by atoms with Crippen molar-refractivity contribution in [1.82, 2.24) is 10.2 Å². The molecule has 2 aromatic rings. The lowest BCUT2D eigenvalue weighted by Crippen LogP contribution is -2.18. The first-order chi connectivity index (χ1) is 9.78. The van der Waals surface area contributed by atoms with Gasteiger partial charge < -0.3 is 4.74 Å². The third-order valence-electron chi connectivity index (χ3n) is 2.52. The van der Waals surface area contributed by atoms with E-state index in [0.717, 1.165) is 23.4 Å². The maximum Gasteiger partial charge on any atom is 0.252 e. The summed E-state index contributed by atoms with van der Waals surface area (Å²) in [5.74, 6) is -0.208. The van der Waals surface area contributed by atoms with Crippen LogP contribution in [-0.2, 0) is 22.6 Å². The molecule has 1 N–H and O–H groups in total. The molecule has 0 aliphatic carbocycles. The molecule has 0 aliphatic rings. The predicted octanol–water partition coefficient (Wildman–Crippen LogP) is 2.65. The van der Waals surface area contributed by atoms with Crippen molar-refractivity contribution in [1.29, 1.82) is 0 Å². The molecule has 0 unspecified atom stereocenters. The van der Waals surface area contributed by atoms with Crippen LogP contribution in [0.1, 0.15) is 23.9 Å². The minimum absolute atomic E-state index is 0.0115. The molecule has 0 radical (unpaired) electrons. The molecule has 0 spiro atoms. The SMILES string of the molecule is CCCc1nnc(NC(=O)COCc2ccccc2)s1. The Kier molecular flexibility index (Phi) is 5.64. The van der Waals surface area contributed by atoms with E-state index in [1.54, 1.807) is 0 Å². The van der Waals surface area contributed by atoms with Crippen molar-refractivity contribution in [2.75, 3.05) is 11.9 Å². The van der Waals surface area contributed by atoms with Crippen molar-refractivity contribution in [3.05, 3.63) is 40.9 Å². The molecule has 0 bridgehead atoms. The average Bonchev–Trinajstić information content (AvgIpc) is 2.88. The number of hydrogen-bond donors (Lipinski definition) is 1. The van der Waals surface area contributed by atoms with E-state index in [1.165, 1.54) is 11.3 Å². The van der Waals surface area contributed by atoms with E-state index < -0.39 is 0 Å². The molecule has 0 atom stereocenters. The Morgan fingerprint density at radius 3 is 2.85 bits per heavy atom. The molecule has 1 aromatic heterocycles. The largest absolute Gasteiger partial charge is 0.367 e. The molecule has 20 heavy (non-hydrogen) atoms. The highest BCUT2D eigenvalue weighted by Crippen LogP contribution is 2.16. The lowest BCUT2D eigenvalue weighted by atomic mass is 10.2. The number of carbonyl (C=O) groups excluding carboxylic acids is 1. The van der Waals surface area contributed by atoms with E-state index in [4.69, 9.17) is 4.74 Å². The zero-order valence-corrected chi connectivity index (χ0v) is 12.2. The number of anilines is 1. The van der Waals surface area contributed by atoms with Crippen LogP contribution in [0.25, 0.3) is 0 Å². The third kappa shape index (κ3) is 4.71. The number of aryl methyl sites for hydroxylation is 1. The summed E-state index contributed by atoms with van der Waals surface area (Å²) in [4.78, 5) is 11.7. The van der Waals surface area contributed by atoms with Gasteiger partial charge in [-0.1, -0.05) is 48.6 Å². The predicted molar refractivity (Wildman–Crippen MR) is 78.6 cm³/mol. The van der Waals surface area contributed by atoms with Gasteiger partial charge in [-0.2, -0.15) is 0 Å². The molecular weight excluding hydrogens is 274 g/mol. The molecule has 0 saturated carbocycles. The zero-order valence-electron chi connectivity index (χ0n) is 11.3. The number of ether oxygens (including phenoxy) is 1. The minimum Gasteiger partial charge on any atom is -0.367 e. The van der Waals surface area contributed by atoms with E-state index in [0.29, 0.717) is 11.7 Å². The summed E-state index contributed by atoms with van der Waals surface area (Å²) in [5.41, 5.74) is 1.04. The van der Waals surface area contributed by atoms with Gasteiger partial charge in [0, 0.05) is 6.42 Å². The van der Waals surface area contributed by atoms with Crippen LogP contribution in [0, 0.1) is 0 Å². The second kappa shape index (κ2) is 7.72. The number of hydrogen-bond acceptors (Lipinski definition) is 5. The van der Waals surface area contributed by atoms with Gasteiger partial charge in [-0.05, 0) is 12.0 Å². The van der Waals surface area contributed by atoms with Crippen molar-refractivity contribution in [2.24, 2.45) is 0 Å². The second-order valence-electron chi connectivity index (χ2n) is 4.28. The molecule has 1 aromatic carbocycles. The number of carbonyl (C=O) groups is 1. The fourth-order valence-electron chi connectivity index (χ4n) is 1.61. The Labute approximate surface area is 122 Å². The summed E-state index contributed by atoms with van der Waals surface area (Å²) < 4.78 is 5.35. The van der Waals surface area contributed by atoms with Crippen molar-refractivity contribution < 1.29 is 9.53 Å². The van der Waals surface area contributed by atoms with Crippen LogP contribution < -0.4 is 5.32 Å². The van der Waals surface area contributed by atoms with Crippen molar-refractivity contribution >= 4 is 22.4 Å². The number of nitrogens with one attached hydrogen (secondary N) is 1. The highest BCUT2D eigenvalue weighted by Gasteiger charge is 2.07. The lowest BCUT2D eigenvalue weighted by Gasteiger charge is -2.03. The molecule has 0 saturated heterocycles. The third-order valence-corrected chi connectivity index (χ3v) is 3.42. The van der Waals surface area contributed by atoms with Gasteiger partial charge in [0.15, 0.2) is 0 Å². The van der Waals surface area contributed by atoms with Gasteiger partial charge in [0.2, 0.25) is 5.13 Å². The molecule has 1 amide bonds. The summed E-state index contributed by atoms with van der Waals surface area (Å²) in [6.45, 7) is 2.51. The van der Waals surface area contributed by atoms with Crippen LogP contribution in [0.2, 0.25) is 0 Å². The number of benzene rings is 1. The molecule has 5 nitrogen and oxygen atoms in total. The van der Waals surface area contributed by atoms with Gasteiger partial charge in [0.1, 0.15) is 11.6 Å². The number of aromatic nitrogens is 2. The van der Waals surface area contributed by atoms with Crippen LogP contribution in [0.15, 0.2) is 30.3 Å². The Balaban J connectivity index is 1.72. The molecule has 2 rings (SSSR count). The van der Waals surface area contributed by atoms with Gasteiger partial charge >= 0.3 is 0 Å². The first-order valence-corrected chi connectivity index (χ1v) is 7.33. The minimum atomic E-state index is -0.208. The first-order valence-electron chi connectivity index (χ1n) is 6.52. The standard InChI is InChI=1S/C14H17N3O2S/c1-2-6-13-16-17-14(20-13)15-12(18)10-19-9-11-7-4-3-5-8-11/h3-5,7-8H,2,6,9-10H2,1H3,(H,15,17,18). The van der Waals surface area contributed by atoms with E-state index in [2.05, 4.69) is 22.4 Å². The monoisotopic (exact) mass is 291 g/mol. The fraction of sp³-hybridized carbons (Fsp3) is 0.357. The smallest absolute Gasteiger partial charge is 0.252 e. The molecule has 6 heteroatoms. The summed E-state index contributed by atoms with van der Waals surface area (Å²) in [6.07, 6.45) is 1.90. The maximum absolute atomic E-state index is 11.7. The van der Waals surface area contributed by atoms with Gasteiger partial charge in [0.05, 0.1) is 6.61 Å². The topological polar surface area (TPSA) is 64.1 Å². The van der Waals surface area contributed by atoms with E-state index >= 15 is 0 Å². The van der Waals surface area contributed by atoms with Gasteiger partial charge in [-0.25, -0.2) is 0 Å². The van der Waals surface area contributed by atoms with Crippen LogP contribution >= 0.6 is 11.3 Å². The van der Waals surface area contributed by atoms with Crippen molar-refractivity contribution in [3.63, 3.8) is 0 Å². The average molecular weight is 291 g/mol. The highest BCUT2D eigenvalue weighted by atomic mass is 32.1. The fourth-order valence-corrected chi connectivity index (χ4v) is 2.47. The van der Waals surface area contributed by atoms with Gasteiger partial charge in [-0.15, -0.1) is 10.2 Å². The number of amides is 1. The van der Waals surface area contributed by atoms with Gasteiger partial charge in [0.25, 0.3) is 5.91 Å². The van der Waals surface area contributed by atoms with Crippen LogP contribution in [0.4, 0.5) is 5.13 Å². The Bertz CT molecular complexity index is 542. The normalized spacial score (nSPS) is 10.4. The van der Waals surface area contributed by atoms with Crippen molar-refractivity contribution in [3.8, 4) is 0 Å². The summed E-state index contributed by atoms with van der Waals surface area (Å²) in [5, 5.41) is 12.1. The van der Waals surface area contributed by atoms with E-state index in [9.17, 15) is 4.79 Å². The first kappa shape index (κ1) is 14.6. The van der Waals surface area contributed by atoms with Crippen LogP contribution in [0.3, 0.4) is 0 Å². The van der Waals surface area contributed by atoms with Crippen molar-refractivity contribution in [2.45, 2.75) is 26.4 Å². The molecule has 0 fully saturated rings. The number of nitrogens with zero attached hydrogens (tertiary/aromatic N) is 2. The maximum atomic E-state index is 11.7. The highest BCUT2D eigenvalue weighted by molar-refractivity contribution is 7.15. The number of rotatable bonds is 7. The Morgan fingerprint density at radius 1 is 1.30 bits per heavy atom. The van der Waals surface area contributed by atoms with Gasteiger partial charge in [-0.3, -0.25) is 10.1 Å².